The second kappa shape index (κ2) is 4.95. The number of benzene rings is 1. The van der Waals surface area contributed by atoms with Crippen LogP contribution >= 0.6 is 0 Å². The summed E-state index contributed by atoms with van der Waals surface area (Å²) in [5, 5.41) is 11.5. The standard InChI is InChI=1S/C12H10F3N3O2/c1-6(12(13,14)15)17-11-16-5-8-3-2-7(10(19)20)4-9(8)18-11/h2-6H,1H3,(H,19,20)(H,16,17,18)/t6-/m0/s1. The Morgan fingerprint density at radius 2 is 2.10 bits per heavy atom. The van der Waals surface area contributed by atoms with Crippen molar-refractivity contribution in [3.8, 4) is 0 Å². The highest BCUT2D eigenvalue weighted by molar-refractivity contribution is 5.93. The molecule has 0 saturated carbocycles. The van der Waals surface area contributed by atoms with E-state index in [-0.39, 0.29) is 17.0 Å². The van der Waals surface area contributed by atoms with Crippen molar-refractivity contribution in [3.05, 3.63) is 30.0 Å². The predicted molar refractivity (Wildman–Crippen MR) is 65.6 cm³/mol. The number of alkyl halides is 3. The molecular weight excluding hydrogens is 275 g/mol. The summed E-state index contributed by atoms with van der Waals surface area (Å²) in [6, 6.07) is 2.35. The average molecular weight is 285 g/mol. The number of aromatic carboxylic acids is 1. The highest BCUT2D eigenvalue weighted by Gasteiger charge is 2.36. The number of aromatic nitrogens is 2. The summed E-state index contributed by atoms with van der Waals surface area (Å²) in [5.41, 5.74) is 0.266. The smallest absolute Gasteiger partial charge is 0.408 e. The molecular formula is C12H10F3N3O2. The number of carboxylic acids is 1. The first-order valence-corrected chi connectivity index (χ1v) is 5.61. The number of nitrogens with zero attached hydrogens (tertiary/aromatic N) is 2. The van der Waals surface area contributed by atoms with Crippen molar-refractivity contribution < 1.29 is 23.1 Å². The first-order valence-electron chi connectivity index (χ1n) is 5.61. The van der Waals surface area contributed by atoms with E-state index in [1.165, 1.54) is 24.4 Å². The number of carbonyl (C=O) groups is 1. The molecule has 0 spiro atoms. The van der Waals surface area contributed by atoms with Gasteiger partial charge in [-0.2, -0.15) is 13.2 Å². The van der Waals surface area contributed by atoms with Crippen LogP contribution in [0.3, 0.4) is 0 Å². The minimum Gasteiger partial charge on any atom is -0.478 e. The van der Waals surface area contributed by atoms with Crippen molar-refractivity contribution in [1.29, 1.82) is 0 Å². The van der Waals surface area contributed by atoms with Crippen molar-refractivity contribution in [1.82, 2.24) is 9.97 Å². The molecule has 1 atom stereocenters. The van der Waals surface area contributed by atoms with Gasteiger partial charge in [-0.25, -0.2) is 14.8 Å². The molecule has 1 aromatic carbocycles. The molecule has 0 unspecified atom stereocenters. The molecule has 2 rings (SSSR count). The van der Waals surface area contributed by atoms with Crippen LogP contribution < -0.4 is 5.32 Å². The Morgan fingerprint density at radius 1 is 1.40 bits per heavy atom. The molecule has 0 amide bonds. The topological polar surface area (TPSA) is 75.1 Å². The molecule has 0 aliphatic rings. The Hall–Kier alpha value is -2.38. The van der Waals surface area contributed by atoms with Crippen LogP contribution in [0.5, 0.6) is 0 Å². The Balaban J connectivity index is 2.34. The molecule has 0 fully saturated rings. The van der Waals surface area contributed by atoms with Gasteiger partial charge in [-0.15, -0.1) is 0 Å². The SMILES string of the molecule is C[C@H](Nc1ncc2ccc(C(=O)O)cc2n1)C(F)(F)F. The van der Waals surface area contributed by atoms with Crippen molar-refractivity contribution in [3.63, 3.8) is 0 Å². The predicted octanol–water partition coefficient (Wildman–Crippen LogP) is 2.69. The molecule has 0 bridgehead atoms. The van der Waals surface area contributed by atoms with Gasteiger partial charge in [0.25, 0.3) is 0 Å². The summed E-state index contributed by atoms with van der Waals surface area (Å²) in [4.78, 5) is 18.5. The first kappa shape index (κ1) is 14.0. The minimum absolute atomic E-state index is 0.00557. The molecule has 8 heteroatoms. The number of rotatable bonds is 3. The van der Waals surface area contributed by atoms with E-state index in [1.54, 1.807) is 0 Å². The van der Waals surface area contributed by atoms with Crippen molar-refractivity contribution in [2.24, 2.45) is 0 Å². The fraction of sp³-hybridized carbons (Fsp3) is 0.250. The maximum atomic E-state index is 12.4. The zero-order valence-electron chi connectivity index (χ0n) is 10.3. The van der Waals surface area contributed by atoms with Gasteiger partial charge in [-0.05, 0) is 19.1 Å². The molecule has 0 saturated heterocycles. The van der Waals surface area contributed by atoms with E-state index in [0.717, 1.165) is 6.92 Å². The van der Waals surface area contributed by atoms with Crippen LogP contribution in [0.2, 0.25) is 0 Å². The van der Waals surface area contributed by atoms with Gasteiger partial charge in [0.05, 0.1) is 11.1 Å². The van der Waals surface area contributed by atoms with Gasteiger partial charge in [0.1, 0.15) is 6.04 Å². The van der Waals surface area contributed by atoms with Crippen LogP contribution in [-0.2, 0) is 0 Å². The van der Waals surface area contributed by atoms with E-state index in [1.807, 2.05) is 0 Å². The first-order chi connectivity index (χ1) is 9.27. The van der Waals surface area contributed by atoms with Crippen molar-refractivity contribution >= 4 is 22.8 Å². The minimum atomic E-state index is -4.42. The molecule has 2 aromatic rings. The van der Waals surface area contributed by atoms with Gasteiger partial charge < -0.3 is 10.4 Å². The molecule has 1 heterocycles. The van der Waals surface area contributed by atoms with E-state index in [2.05, 4.69) is 15.3 Å². The largest absolute Gasteiger partial charge is 0.478 e. The lowest BCUT2D eigenvalue weighted by Gasteiger charge is -2.17. The van der Waals surface area contributed by atoms with E-state index in [0.29, 0.717) is 5.39 Å². The van der Waals surface area contributed by atoms with Gasteiger partial charge in [-0.3, -0.25) is 0 Å². The third kappa shape index (κ3) is 2.95. The normalized spacial score (nSPS) is 13.2. The number of fused-ring (bicyclic) bond motifs is 1. The summed E-state index contributed by atoms with van der Waals surface area (Å²) in [5.74, 6) is -1.34. The number of hydrogen-bond donors (Lipinski definition) is 2. The summed E-state index contributed by atoms with van der Waals surface area (Å²) in [6.07, 6.45) is -3.08. The van der Waals surface area contributed by atoms with Crippen LogP contribution in [0.4, 0.5) is 19.1 Å². The lowest BCUT2D eigenvalue weighted by atomic mass is 10.1. The van der Waals surface area contributed by atoms with Gasteiger partial charge in [0.15, 0.2) is 0 Å². The number of carboxylic acid groups (broad SMARTS) is 1. The Bertz CT molecular complexity index is 658. The van der Waals surface area contributed by atoms with E-state index in [9.17, 15) is 18.0 Å². The third-order valence-electron chi connectivity index (χ3n) is 2.67. The van der Waals surface area contributed by atoms with Crippen LogP contribution in [-0.4, -0.2) is 33.3 Å². The quantitative estimate of drug-likeness (QED) is 0.906. The summed E-state index contributed by atoms with van der Waals surface area (Å²) < 4.78 is 37.3. The van der Waals surface area contributed by atoms with E-state index in [4.69, 9.17) is 5.11 Å². The number of halogens is 3. The van der Waals surface area contributed by atoms with Crippen LogP contribution in [0.15, 0.2) is 24.4 Å². The summed E-state index contributed by atoms with van der Waals surface area (Å²) in [6.45, 7) is 0.946. The molecule has 1 aromatic heterocycles. The zero-order chi connectivity index (χ0) is 14.9. The molecule has 0 aliphatic carbocycles. The highest BCUT2D eigenvalue weighted by atomic mass is 19.4. The van der Waals surface area contributed by atoms with Gasteiger partial charge >= 0.3 is 12.1 Å². The highest BCUT2D eigenvalue weighted by Crippen LogP contribution is 2.23. The van der Waals surface area contributed by atoms with Crippen LogP contribution in [0, 0.1) is 0 Å². The molecule has 2 N–H and O–H groups in total. The zero-order valence-corrected chi connectivity index (χ0v) is 10.3. The molecule has 0 radical (unpaired) electrons. The third-order valence-corrected chi connectivity index (χ3v) is 2.67. The summed E-state index contributed by atoms with van der Waals surface area (Å²) >= 11 is 0. The molecule has 5 nitrogen and oxygen atoms in total. The fourth-order valence-electron chi connectivity index (χ4n) is 1.50. The number of hydrogen-bond acceptors (Lipinski definition) is 4. The maximum absolute atomic E-state index is 12.4. The fourth-order valence-corrected chi connectivity index (χ4v) is 1.50. The van der Waals surface area contributed by atoms with Crippen LogP contribution in [0.25, 0.3) is 10.9 Å². The molecule has 20 heavy (non-hydrogen) atoms. The Labute approximate surface area is 111 Å². The van der Waals surface area contributed by atoms with Crippen LogP contribution in [0.1, 0.15) is 17.3 Å². The van der Waals surface area contributed by atoms with Gasteiger partial charge in [0.2, 0.25) is 5.95 Å². The molecule has 106 valence electrons. The summed E-state index contributed by atoms with van der Waals surface area (Å²) in [7, 11) is 0. The van der Waals surface area contributed by atoms with Crippen molar-refractivity contribution in [2.75, 3.05) is 5.32 Å². The number of nitrogens with one attached hydrogen (secondary N) is 1. The van der Waals surface area contributed by atoms with Gasteiger partial charge in [-0.1, -0.05) is 6.07 Å². The Kier molecular flexibility index (Phi) is 3.47. The van der Waals surface area contributed by atoms with E-state index >= 15 is 0 Å². The monoisotopic (exact) mass is 285 g/mol. The number of anilines is 1. The lowest BCUT2D eigenvalue weighted by molar-refractivity contribution is -0.138. The Morgan fingerprint density at radius 3 is 2.70 bits per heavy atom. The second-order valence-electron chi connectivity index (χ2n) is 4.18. The average Bonchev–Trinajstić information content (AvgIpc) is 2.36. The van der Waals surface area contributed by atoms with Gasteiger partial charge in [0, 0.05) is 11.6 Å². The molecule has 0 aliphatic heterocycles. The lowest BCUT2D eigenvalue weighted by Crippen LogP contribution is -2.33. The maximum Gasteiger partial charge on any atom is 0.408 e. The van der Waals surface area contributed by atoms with Crippen molar-refractivity contribution in [2.45, 2.75) is 19.1 Å². The second-order valence-corrected chi connectivity index (χ2v) is 4.18. The van der Waals surface area contributed by atoms with E-state index < -0.39 is 18.2 Å².